The molecule has 0 spiro atoms. The number of hydrogen-bond donors (Lipinski definition) is 1. The monoisotopic (exact) mass is 273 g/mol. The Morgan fingerprint density at radius 2 is 1.70 bits per heavy atom. The van der Waals surface area contributed by atoms with Gasteiger partial charge in [-0.2, -0.15) is 0 Å². The van der Waals surface area contributed by atoms with Gasteiger partial charge in [0.2, 0.25) is 0 Å². The van der Waals surface area contributed by atoms with Gasteiger partial charge in [-0.25, -0.2) is 4.39 Å². The molecular weight excluding hydrogens is 253 g/mol. The van der Waals surface area contributed by atoms with E-state index in [0.717, 1.165) is 12.3 Å². The number of halogens is 1. The summed E-state index contributed by atoms with van der Waals surface area (Å²) < 4.78 is 18.9. The highest BCUT2D eigenvalue weighted by atomic mass is 19.1. The maximum Gasteiger partial charge on any atom is 0.127 e. The molecule has 106 valence electrons. The Balaban J connectivity index is 2.01. The van der Waals surface area contributed by atoms with Crippen molar-refractivity contribution >= 4 is 0 Å². The topological polar surface area (TPSA) is 21.3 Å². The number of ether oxygens (including phenoxy) is 1. The molecule has 20 heavy (non-hydrogen) atoms. The van der Waals surface area contributed by atoms with Crippen LogP contribution in [0, 0.1) is 12.7 Å². The third-order valence-electron chi connectivity index (χ3n) is 3.00. The first-order chi connectivity index (χ1) is 9.54. The summed E-state index contributed by atoms with van der Waals surface area (Å²) in [6.45, 7) is 6.80. The van der Waals surface area contributed by atoms with E-state index in [-0.39, 0.29) is 5.82 Å². The summed E-state index contributed by atoms with van der Waals surface area (Å²) in [4.78, 5) is 0. The van der Waals surface area contributed by atoms with Crippen molar-refractivity contribution in [3.63, 3.8) is 0 Å². The molecule has 0 bridgehead atoms. The standard InChI is InChI=1S/C17H20FNO/c1-12(2)19-11-14-4-6-15(7-5-14)20-16-8-9-17(18)13(3)10-16/h4-10,12,19H,11H2,1-3H3. The van der Waals surface area contributed by atoms with Gasteiger partial charge >= 0.3 is 0 Å². The van der Waals surface area contributed by atoms with Crippen LogP contribution in [0.2, 0.25) is 0 Å². The first kappa shape index (κ1) is 14.5. The van der Waals surface area contributed by atoms with Crippen molar-refractivity contribution in [2.45, 2.75) is 33.4 Å². The lowest BCUT2D eigenvalue weighted by molar-refractivity contribution is 0.479. The molecule has 0 saturated carbocycles. The summed E-state index contributed by atoms with van der Waals surface area (Å²) in [5.41, 5.74) is 1.79. The van der Waals surface area contributed by atoms with Gasteiger partial charge in [0, 0.05) is 12.6 Å². The fourth-order valence-electron chi connectivity index (χ4n) is 1.81. The van der Waals surface area contributed by atoms with Crippen LogP contribution in [0.15, 0.2) is 42.5 Å². The highest BCUT2D eigenvalue weighted by Crippen LogP contribution is 2.23. The fraction of sp³-hybridized carbons (Fsp3) is 0.294. The second kappa shape index (κ2) is 6.53. The van der Waals surface area contributed by atoms with Gasteiger partial charge in [-0.15, -0.1) is 0 Å². The Morgan fingerprint density at radius 3 is 2.30 bits per heavy atom. The van der Waals surface area contributed by atoms with Crippen molar-refractivity contribution in [3.05, 3.63) is 59.4 Å². The minimum absolute atomic E-state index is 0.215. The molecule has 2 aromatic carbocycles. The number of nitrogens with one attached hydrogen (secondary N) is 1. The Hall–Kier alpha value is -1.87. The zero-order valence-corrected chi connectivity index (χ0v) is 12.1. The number of aryl methyl sites for hydroxylation is 1. The van der Waals surface area contributed by atoms with Crippen LogP contribution in [-0.4, -0.2) is 6.04 Å². The Kier molecular flexibility index (Phi) is 4.74. The van der Waals surface area contributed by atoms with Crippen LogP contribution >= 0.6 is 0 Å². The quantitative estimate of drug-likeness (QED) is 0.870. The summed E-state index contributed by atoms with van der Waals surface area (Å²) >= 11 is 0. The summed E-state index contributed by atoms with van der Waals surface area (Å²) in [6, 6.07) is 13.1. The van der Waals surface area contributed by atoms with Crippen LogP contribution in [0.4, 0.5) is 4.39 Å². The van der Waals surface area contributed by atoms with Gasteiger partial charge in [0.05, 0.1) is 0 Å². The van der Waals surface area contributed by atoms with Crippen LogP contribution in [0.5, 0.6) is 11.5 Å². The molecule has 0 atom stereocenters. The summed E-state index contributed by atoms with van der Waals surface area (Å²) in [6.07, 6.45) is 0. The largest absolute Gasteiger partial charge is 0.457 e. The van der Waals surface area contributed by atoms with Crippen molar-refractivity contribution in [2.75, 3.05) is 0 Å². The van der Waals surface area contributed by atoms with Crippen LogP contribution in [0.25, 0.3) is 0 Å². The van der Waals surface area contributed by atoms with E-state index >= 15 is 0 Å². The average molecular weight is 273 g/mol. The molecule has 0 aromatic heterocycles. The van der Waals surface area contributed by atoms with Crippen molar-refractivity contribution in [3.8, 4) is 11.5 Å². The number of rotatable bonds is 5. The molecule has 0 fully saturated rings. The molecule has 2 rings (SSSR count). The van der Waals surface area contributed by atoms with Gasteiger partial charge in [0.25, 0.3) is 0 Å². The molecule has 1 N–H and O–H groups in total. The van der Waals surface area contributed by atoms with Crippen molar-refractivity contribution < 1.29 is 9.13 Å². The minimum atomic E-state index is -0.215. The van der Waals surface area contributed by atoms with Crippen LogP contribution in [0.1, 0.15) is 25.0 Å². The highest BCUT2D eigenvalue weighted by molar-refractivity contribution is 5.35. The molecule has 0 aliphatic carbocycles. The molecule has 0 aliphatic rings. The van der Waals surface area contributed by atoms with Crippen molar-refractivity contribution in [2.24, 2.45) is 0 Å². The van der Waals surface area contributed by atoms with E-state index in [9.17, 15) is 4.39 Å². The highest BCUT2D eigenvalue weighted by Gasteiger charge is 2.02. The van der Waals surface area contributed by atoms with E-state index in [4.69, 9.17) is 4.74 Å². The Morgan fingerprint density at radius 1 is 1.05 bits per heavy atom. The Bertz CT molecular complexity index is 564. The second-order valence-electron chi connectivity index (χ2n) is 5.19. The summed E-state index contributed by atoms with van der Waals surface area (Å²) in [5.74, 6) is 1.19. The van der Waals surface area contributed by atoms with E-state index in [1.807, 2.05) is 24.3 Å². The first-order valence-electron chi connectivity index (χ1n) is 6.81. The zero-order chi connectivity index (χ0) is 14.5. The number of benzene rings is 2. The SMILES string of the molecule is Cc1cc(Oc2ccc(CNC(C)C)cc2)ccc1F. The maximum absolute atomic E-state index is 13.2. The zero-order valence-electron chi connectivity index (χ0n) is 12.1. The van der Waals surface area contributed by atoms with E-state index < -0.39 is 0 Å². The smallest absolute Gasteiger partial charge is 0.127 e. The van der Waals surface area contributed by atoms with Crippen LogP contribution in [0.3, 0.4) is 0 Å². The lowest BCUT2D eigenvalue weighted by Crippen LogP contribution is -2.21. The van der Waals surface area contributed by atoms with Crippen molar-refractivity contribution in [1.29, 1.82) is 0 Å². The summed E-state index contributed by atoms with van der Waals surface area (Å²) in [5, 5.41) is 3.36. The molecule has 0 aliphatic heterocycles. The molecule has 0 amide bonds. The Labute approximate surface area is 119 Å². The number of hydrogen-bond acceptors (Lipinski definition) is 2. The molecule has 0 unspecified atom stereocenters. The van der Waals surface area contributed by atoms with E-state index in [0.29, 0.717) is 17.4 Å². The molecule has 2 nitrogen and oxygen atoms in total. The van der Waals surface area contributed by atoms with Gasteiger partial charge in [-0.05, 0) is 48.4 Å². The lowest BCUT2D eigenvalue weighted by atomic mass is 10.2. The predicted octanol–water partition coefficient (Wildman–Crippen LogP) is 4.42. The van der Waals surface area contributed by atoms with Gasteiger partial charge in [0.15, 0.2) is 0 Å². The third kappa shape index (κ3) is 4.07. The molecule has 0 heterocycles. The fourth-order valence-corrected chi connectivity index (χ4v) is 1.81. The van der Waals surface area contributed by atoms with Crippen molar-refractivity contribution in [1.82, 2.24) is 5.32 Å². The van der Waals surface area contributed by atoms with Gasteiger partial charge in [0.1, 0.15) is 17.3 Å². The maximum atomic E-state index is 13.2. The molecule has 0 radical (unpaired) electrons. The van der Waals surface area contributed by atoms with Crippen LogP contribution in [-0.2, 0) is 6.54 Å². The average Bonchev–Trinajstić information content (AvgIpc) is 2.42. The van der Waals surface area contributed by atoms with Gasteiger partial charge in [-0.3, -0.25) is 0 Å². The van der Waals surface area contributed by atoms with E-state index in [1.165, 1.54) is 11.6 Å². The molecule has 2 aromatic rings. The molecular formula is C17H20FNO. The van der Waals surface area contributed by atoms with E-state index in [2.05, 4.69) is 19.2 Å². The first-order valence-corrected chi connectivity index (χ1v) is 6.81. The van der Waals surface area contributed by atoms with Gasteiger partial charge in [-0.1, -0.05) is 26.0 Å². The second-order valence-corrected chi connectivity index (χ2v) is 5.19. The normalized spacial score (nSPS) is 10.8. The summed E-state index contributed by atoms with van der Waals surface area (Å²) in [7, 11) is 0. The predicted molar refractivity (Wildman–Crippen MR) is 79.6 cm³/mol. The lowest BCUT2D eigenvalue weighted by Gasteiger charge is -2.10. The van der Waals surface area contributed by atoms with Crippen LogP contribution < -0.4 is 10.1 Å². The van der Waals surface area contributed by atoms with E-state index in [1.54, 1.807) is 19.1 Å². The minimum Gasteiger partial charge on any atom is -0.457 e. The third-order valence-corrected chi connectivity index (χ3v) is 3.00. The molecule has 0 saturated heterocycles. The molecule has 3 heteroatoms. The van der Waals surface area contributed by atoms with Gasteiger partial charge < -0.3 is 10.1 Å².